The Balaban J connectivity index is 1.82. The Morgan fingerprint density at radius 2 is 1.88 bits per heavy atom. The lowest BCUT2D eigenvalue weighted by atomic mass is 9.89. The van der Waals surface area contributed by atoms with Gasteiger partial charge >= 0.3 is 0 Å². The molecule has 3 atom stereocenters. The molecule has 1 aromatic carbocycles. The van der Waals surface area contributed by atoms with Crippen molar-refractivity contribution in [1.82, 2.24) is 5.32 Å². The molecular weight excluding hydrogens is 201 g/mol. The summed E-state index contributed by atoms with van der Waals surface area (Å²) >= 11 is 0. The fourth-order valence-electron chi connectivity index (χ4n) is 3.41. The van der Waals surface area contributed by atoms with E-state index in [0.29, 0.717) is 5.92 Å². The molecule has 1 N–H and O–H groups in total. The zero-order valence-corrected chi connectivity index (χ0v) is 9.62. The lowest BCUT2D eigenvalue weighted by Crippen LogP contribution is -2.25. The average Bonchev–Trinajstić information content (AvgIpc) is 2.90. The van der Waals surface area contributed by atoms with Gasteiger partial charge in [0.05, 0.1) is 0 Å². The first-order valence-electron chi connectivity index (χ1n) is 6.21. The maximum atomic E-state index is 13.7. The van der Waals surface area contributed by atoms with Crippen LogP contribution in [0.4, 0.5) is 4.39 Å². The second-order valence-electron chi connectivity index (χ2n) is 5.28. The van der Waals surface area contributed by atoms with Crippen molar-refractivity contribution >= 4 is 0 Å². The third-order valence-electron chi connectivity index (χ3n) is 4.30. The quantitative estimate of drug-likeness (QED) is 0.823. The predicted molar refractivity (Wildman–Crippen MR) is 62.5 cm³/mol. The standard InChI is InChI=1S/C14H18FN/c1-16-14(11-7-9-6-10(9)8-11)12-4-2-3-5-13(12)15/h2-5,9-11,14,16H,6-8H2,1H3. The van der Waals surface area contributed by atoms with Crippen LogP contribution >= 0.6 is 0 Å². The van der Waals surface area contributed by atoms with Gasteiger partial charge in [-0.3, -0.25) is 0 Å². The van der Waals surface area contributed by atoms with Crippen molar-refractivity contribution in [3.05, 3.63) is 35.6 Å². The van der Waals surface area contributed by atoms with Gasteiger partial charge in [0.15, 0.2) is 0 Å². The zero-order chi connectivity index (χ0) is 11.1. The molecule has 0 radical (unpaired) electrons. The highest BCUT2D eigenvalue weighted by Crippen LogP contribution is 2.57. The van der Waals surface area contributed by atoms with Gasteiger partial charge in [-0.05, 0) is 50.1 Å². The maximum absolute atomic E-state index is 13.7. The molecule has 0 spiro atoms. The lowest BCUT2D eigenvalue weighted by Gasteiger charge is -2.25. The van der Waals surface area contributed by atoms with Gasteiger partial charge in [0, 0.05) is 11.6 Å². The van der Waals surface area contributed by atoms with Gasteiger partial charge in [0.1, 0.15) is 5.82 Å². The van der Waals surface area contributed by atoms with Crippen LogP contribution in [0.15, 0.2) is 24.3 Å². The van der Waals surface area contributed by atoms with Gasteiger partial charge < -0.3 is 5.32 Å². The molecule has 2 heteroatoms. The number of rotatable bonds is 3. The van der Waals surface area contributed by atoms with E-state index in [-0.39, 0.29) is 11.9 Å². The minimum Gasteiger partial charge on any atom is -0.313 e. The SMILES string of the molecule is CNC(c1ccccc1F)C1CC2CC2C1. The third kappa shape index (κ3) is 1.65. The maximum Gasteiger partial charge on any atom is 0.127 e. The first-order chi connectivity index (χ1) is 7.79. The van der Waals surface area contributed by atoms with Gasteiger partial charge in [-0.1, -0.05) is 18.2 Å². The number of benzene rings is 1. The van der Waals surface area contributed by atoms with Crippen LogP contribution in [-0.4, -0.2) is 7.05 Å². The normalized spacial score (nSPS) is 33.5. The monoisotopic (exact) mass is 219 g/mol. The molecule has 3 rings (SSSR count). The number of nitrogens with one attached hydrogen (secondary N) is 1. The van der Waals surface area contributed by atoms with Crippen LogP contribution in [0.5, 0.6) is 0 Å². The molecule has 1 nitrogen and oxygen atoms in total. The zero-order valence-electron chi connectivity index (χ0n) is 9.62. The average molecular weight is 219 g/mol. The Morgan fingerprint density at radius 1 is 1.19 bits per heavy atom. The number of fused-ring (bicyclic) bond motifs is 1. The van der Waals surface area contributed by atoms with Crippen molar-refractivity contribution in [2.24, 2.45) is 17.8 Å². The Bertz CT molecular complexity index is 380. The second-order valence-corrected chi connectivity index (χ2v) is 5.28. The molecule has 0 heterocycles. The molecule has 0 aromatic heterocycles. The minimum atomic E-state index is -0.0672. The van der Waals surface area contributed by atoms with Crippen LogP contribution in [0.25, 0.3) is 0 Å². The molecule has 2 aliphatic carbocycles. The van der Waals surface area contributed by atoms with Gasteiger partial charge in [-0.25, -0.2) is 4.39 Å². The molecule has 3 unspecified atom stereocenters. The second kappa shape index (κ2) is 3.85. The fraction of sp³-hybridized carbons (Fsp3) is 0.571. The first-order valence-corrected chi connectivity index (χ1v) is 6.21. The van der Waals surface area contributed by atoms with E-state index >= 15 is 0 Å². The van der Waals surface area contributed by atoms with Crippen LogP contribution in [0.3, 0.4) is 0 Å². The van der Waals surface area contributed by atoms with Gasteiger partial charge in [-0.15, -0.1) is 0 Å². The van der Waals surface area contributed by atoms with E-state index < -0.39 is 0 Å². The molecule has 0 bridgehead atoms. The molecule has 0 amide bonds. The number of hydrogen-bond acceptors (Lipinski definition) is 1. The Labute approximate surface area is 96.1 Å². The number of halogens is 1. The van der Waals surface area contributed by atoms with E-state index in [1.54, 1.807) is 12.1 Å². The van der Waals surface area contributed by atoms with Crippen molar-refractivity contribution in [2.75, 3.05) is 7.05 Å². The summed E-state index contributed by atoms with van der Waals surface area (Å²) in [6, 6.07) is 7.38. The first kappa shape index (κ1) is 10.3. The van der Waals surface area contributed by atoms with Crippen molar-refractivity contribution in [2.45, 2.75) is 25.3 Å². The topological polar surface area (TPSA) is 12.0 Å². The number of hydrogen-bond donors (Lipinski definition) is 1. The van der Waals surface area contributed by atoms with E-state index in [1.807, 2.05) is 19.2 Å². The van der Waals surface area contributed by atoms with Crippen LogP contribution in [-0.2, 0) is 0 Å². The van der Waals surface area contributed by atoms with E-state index in [2.05, 4.69) is 5.32 Å². The van der Waals surface area contributed by atoms with Gasteiger partial charge in [-0.2, -0.15) is 0 Å². The van der Waals surface area contributed by atoms with Crippen molar-refractivity contribution < 1.29 is 4.39 Å². The summed E-state index contributed by atoms with van der Waals surface area (Å²) in [7, 11) is 1.95. The Morgan fingerprint density at radius 3 is 2.50 bits per heavy atom. The Kier molecular flexibility index (Phi) is 2.47. The largest absolute Gasteiger partial charge is 0.313 e. The van der Waals surface area contributed by atoms with Crippen molar-refractivity contribution in [1.29, 1.82) is 0 Å². The highest BCUT2D eigenvalue weighted by atomic mass is 19.1. The van der Waals surface area contributed by atoms with Crippen LogP contribution < -0.4 is 5.32 Å². The summed E-state index contributed by atoms with van der Waals surface area (Å²) in [6.45, 7) is 0. The van der Waals surface area contributed by atoms with E-state index in [1.165, 1.54) is 19.3 Å². The van der Waals surface area contributed by atoms with E-state index in [4.69, 9.17) is 0 Å². The van der Waals surface area contributed by atoms with Crippen molar-refractivity contribution in [3.63, 3.8) is 0 Å². The summed E-state index contributed by atoms with van der Waals surface area (Å²) in [4.78, 5) is 0. The van der Waals surface area contributed by atoms with Crippen LogP contribution in [0.2, 0.25) is 0 Å². The molecule has 86 valence electrons. The molecule has 2 aliphatic rings. The minimum absolute atomic E-state index is 0.0672. The molecule has 1 aromatic rings. The van der Waals surface area contributed by atoms with Crippen LogP contribution in [0, 0.1) is 23.6 Å². The van der Waals surface area contributed by atoms with Crippen molar-refractivity contribution in [3.8, 4) is 0 Å². The molecule has 16 heavy (non-hydrogen) atoms. The summed E-state index contributed by atoms with van der Waals surface area (Å²) in [5, 5.41) is 3.30. The molecule has 2 fully saturated rings. The van der Waals surface area contributed by atoms with Gasteiger partial charge in [0.2, 0.25) is 0 Å². The summed E-state index contributed by atoms with van der Waals surface area (Å²) in [5.41, 5.74) is 0.844. The highest BCUT2D eigenvalue weighted by Gasteiger charge is 2.48. The lowest BCUT2D eigenvalue weighted by molar-refractivity contribution is 0.350. The van der Waals surface area contributed by atoms with E-state index in [9.17, 15) is 4.39 Å². The molecule has 0 saturated heterocycles. The summed E-state index contributed by atoms with van der Waals surface area (Å²) in [5.74, 6) is 2.47. The fourth-order valence-corrected chi connectivity index (χ4v) is 3.41. The highest BCUT2D eigenvalue weighted by molar-refractivity contribution is 5.23. The third-order valence-corrected chi connectivity index (χ3v) is 4.30. The molecule has 2 saturated carbocycles. The molecular formula is C14H18FN. The Hall–Kier alpha value is -0.890. The van der Waals surface area contributed by atoms with Gasteiger partial charge in [0.25, 0.3) is 0 Å². The van der Waals surface area contributed by atoms with E-state index in [0.717, 1.165) is 17.4 Å². The summed E-state index contributed by atoms with van der Waals surface area (Å²) in [6.07, 6.45) is 3.99. The van der Waals surface area contributed by atoms with Crippen LogP contribution in [0.1, 0.15) is 30.9 Å². The smallest absolute Gasteiger partial charge is 0.127 e. The summed E-state index contributed by atoms with van der Waals surface area (Å²) < 4.78 is 13.7. The predicted octanol–water partition coefficient (Wildman–Crippen LogP) is 3.13. The molecule has 0 aliphatic heterocycles.